The highest BCUT2D eigenvalue weighted by Gasteiger charge is 2.23. The van der Waals surface area contributed by atoms with Gasteiger partial charge in [-0.05, 0) is 31.2 Å². The molecule has 0 amide bonds. The van der Waals surface area contributed by atoms with Crippen molar-refractivity contribution in [1.82, 2.24) is 0 Å². The van der Waals surface area contributed by atoms with E-state index in [1.165, 1.54) is 12.1 Å². The lowest BCUT2D eigenvalue weighted by atomic mass is 10.3. The highest BCUT2D eigenvalue weighted by atomic mass is 35.5. The molecule has 2 rings (SSSR count). The average Bonchev–Trinajstić information content (AvgIpc) is 2.15. The molecule has 0 unspecified atom stereocenters. The summed E-state index contributed by atoms with van der Waals surface area (Å²) in [6, 6.07) is 4.53. The van der Waals surface area contributed by atoms with Gasteiger partial charge in [-0.2, -0.15) is 8.42 Å². The molecule has 0 atom stereocenters. The third-order valence-electron chi connectivity index (χ3n) is 2.03. The van der Waals surface area contributed by atoms with E-state index >= 15 is 0 Å². The lowest BCUT2D eigenvalue weighted by Crippen LogP contribution is -2.19. The minimum atomic E-state index is -3.61. The number of amidine groups is 1. The second kappa shape index (κ2) is 3.92. The van der Waals surface area contributed by atoms with Crippen molar-refractivity contribution in [2.75, 3.05) is 5.32 Å². The summed E-state index contributed by atoms with van der Waals surface area (Å²) in [7, 11) is -3.61. The summed E-state index contributed by atoms with van der Waals surface area (Å²) in [5.74, 6) is 0.289. The Morgan fingerprint density at radius 3 is 2.88 bits per heavy atom. The Morgan fingerprint density at radius 1 is 1.44 bits per heavy atom. The number of hydrogen-bond donors (Lipinski definition) is 1. The standard InChI is InChI=1S/C10H9ClN2O2S/c1-2-3-10-12-8-6-7(11)4-5-9(8)16(14,15)13-10/h2-6H,1H3,(H,12,13)/b3-2-. The summed E-state index contributed by atoms with van der Waals surface area (Å²) in [6.45, 7) is 1.78. The molecule has 1 N–H and O–H groups in total. The molecule has 0 aromatic heterocycles. The first-order chi connectivity index (χ1) is 7.53. The molecular weight excluding hydrogens is 248 g/mol. The molecule has 1 aliphatic rings. The van der Waals surface area contributed by atoms with Crippen LogP contribution >= 0.6 is 11.6 Å². The second-order valence-corrected chi connectivity index (χ2v) is 5.23. The van der Waals surface area contributed by atoms with Gasteiger partial charge in [0.25, 0.3) is 10.0 Å². The number of nitrogens with one attached hydrogen (secondary N) is 1. The van der Waals surface area contributed by atoms with Crippen molar-refractivity contribution < 1.29 is 8.42 Å². The first kappa shape index (κ1) is 11.2. The number of halogens is 1. The monoisotopic (exact) mass is 256 g/mol. The highest BCUT2D eigenvalue weighted by molar-refractivity contribution is 7.90. The van der Waals surface area contributed by atoms with Crippen molar-refractivity contribution in [3.05, 3.63) is 35.4 Å². The lowest BCUT2D eigenvalue weighted by Gasteiger charge is -2.16. The number of nitrogens with zero attached hydrogens (tertiary/aromatic N) is 1. The molecule has 0 saturated heterocycles. The Kier molecular flexibility index (Phi) is 2.73. The summed E-state index contributed by atoms with van der Waals surface area (Å²) in [6.07, 6.45) is 3.29. The summed E-state index contributed by atoms with van der Waals surface area (Å²) in [5.41, 5.74) is 0.454. The summed E-state index contributed by atoms with van der Waals surface area (Å²) >= 11 is 5.80. The van der Waals surface area contributed by atoms with Crippen molar-refractivity contribution in [2.24, 2.45) is 4.40 Å². The minimum Gasteiger partial charge on any atom is -0.338 e. The lowest BCUT2D eigenvalue weighted by molar-refractivity contribution is 0.598. The van der Waals surface area contributed by atoms with Gasteiger partial charge in [-0.1, -0.05) is 17.7 Å². The summed E-state index contributed by atoms with van der Waals surface area (Å²) in [5, 5.41) is 3.37. The molecule has 1 aliphatic heterocycles. The molecule has 84 valence electrons. The molecule has 6 heteroatoms. The molecule has 1 heterocycles. The van der Waals surface area contributed by atoms with Crippen LogP contribution in [0.2, 0.25) is 5.02 Å². The number of rotatable bonds is 1. The summed E-state index contributed by atoms with van der Waals surface area (Å²) in [4.78, 5) is 0.144. The van der Waals surface area contributed by atoms with Gasteiger partial charge in [0.15, 0.2) is 0 Å². The molecular formula is C10H9ClN2O2S. The van der Waals surface area contributed by atoms with E-state index in [2.05, 4.69) is 9.71 Å². The van der Waals surface area contributed by atoms with Gasteiger partial charge in [-0.25, -0.2) is 0 Å². The largest absolute Gasteiger partial charge is 0.338 e. The first-order valence-electron chi connectivity index (χ1n) is 4.57. The van der Waals surface area contributed by atoms with Crippen LogP contribution in [0.1, 0.15) is 6.92 Å². The van der Waals surface area contributed by atoms with Crippen molar-refractivity contribution in [1.29, 1.82) is 0 Å². The Morgan fingerprint density at radius 2 is 2.19 bits per heavy atom. The fourth-order valence-electron chi connectivity index (χ4n) is 1.39. The van der Waals surface area contributed by atoms with Crippen LogP contribution in [0.25, 0.3) is 0 Å². The first-order valence-corrected chi connectivity index (χ1v) is 6.39. The van der Waals surface area contributed by atoms with Gasteiger partial charge in [0.2, 0.25) is 0 Å². The number of allylic oxidation sites excluding steroid dienone is 1. The van der Waals surface area contributed by atoms with E-state index in [0.717, 1.165) is 0 Å². The van der Waals surface area contributed by atoms with Crippen LogP contribution < -0.4 is 5.32 Å². The van der Waals surface area contributed by atoms with Gasteiger partial charge in [0, 0.05) is 5.02 Å². The van der Waals surface area contributed by atoms with E-state index in [4.69, 9.17) is 11.6 Å². The Bertz CT molecular complexity index is 591. The van der Waals surface area contributed by atoms with Crippen molar-refractivity contribution in [3.63, 3.8) is 0 Å². The molecule has 0 fully saturated rings. The fourth-order valence-corrected chi connectivity index (χ4v) is 2.66. The van der Waals surface area contributed by atoms with Crippen LogP contribution in [0.5, 0.6) is 0 Å². The molecule has 0 spiro atoms. The van der Waals surface area contributed by atoms with E-state index in [1.54, 1.807) is 25.1 Å². The van der Waals surface area contributed by atoms with Gasteiger partial charge in [0.05, 0.1) is 5.69 Å². The van der Waals surface area contributed by atoms with Crippen LogP contribution in [-0.2, 0) is 10.0 Å². The third kappa shape index (κ3) is 1.96. The van der Waals surface area contributed by atoms with Crippen molar-refractivity contribution in [2.45, 2.75) is 11.8 Å². The zero-order chi connectivity index (χ0) is 11.8. The Balaban J connectivity index is 2.61. The van der Waals surface area contributed by atoms with Gasteiger partial charge < -0.3 is 5.32 Å². The normalized spacial score (nSPS) is 17.8. The van der Waals surface area contributed by atoms with Crippen LogP contribution in [-0.4, -0.2) is 14.3 Å². The predicted molar refractivity (Wildman–Crippen MR) is 64.5 cm³/mol. The van der Waals surface area contributed by atoms with Crippen molar-refractivity contribution in [3.8, 4) is 0 Å². The van der Waals surface area contributed by atoms with E-state index in [0.29, 0.717) is 10.7 Å². The molecule has 0 saturated carbocycles. The van der Waals surface area contributed by atoms with Gasteiger partial charge in [-0.3, -0.25) is 0 Å². The quantitative estimate of drug-likeness (QED) is 0.840. The van der Waals surface area contributed by atoms with Crippen molar-refractivity contribution >= 4 is 33.1 Å². The van der Waals surface area contributed by atoms with E-state index in [1.807, 2.05) is 0 Å². The molecule has 4 nitrogen and oxygen atoms in total. The number of anilines is 1. The topological polar surface area (TPSA) is 58.5 Å². The summed E-state index contributed by atoms with van der Waals surface area (Å²) < 4.78 is 27.2. The SMILES string of the molecule is C/C=C\C1=NS(=O)(=O)c2ccc(Cl)cc2N1. The molecule has 0 bridgehead atoms. The van der Waals surface area contributed by atoms with Crippen LogP contribution in [0, 0.1) is 0 Å². The van der Waals surface area contributed by atoms with E-state index < -0.39 is 10.0 Å². The van der Waals surface area contributed by atoms with Crippen LogP contribution in [0.3, 0.4) is 0 Å². The maximum absolute atomic E-state index is 11.8. The predicted octanol–water partition coefficient (Wildman–Crippen LogP) is 2.43. The minimum absolute atomic E-state index is 0.144. The number of fused-ring (bicyclic) bond motifs is 1. The molecule has 1 aromatic carbocycles. The van der Waals surface area contributed by atoms with Crippen LogP contribution in [0.4, 0.5) is 5.69 Å². The molecule has 1 aromatic rings. The molecule has 0 radical (unpaired) electrons. The van der Waals surface area contributed by atoms with Gasteiger partial charge in [0.1, 0.15) is 10.7 Å². The highest BCUT2D eigenvalue weighted by Crippen LogP contribution is 2.29. The second-order valence-electron chi connectivity index (χ2n) is 3.22. The van der Waals surface area contributed by atoms with E-state index in [9.17, 15) is 8.42 Å². The fraction of sp³-hybridized carbons (Fsp3) is 0.100. The number of benzene rings is 1. The maximum atomic E-state index is 11.8. The van der Waals surface area contributed by atoms with Gasteiger partial charge in [-0.15, -0.1) is 4.40 Å². The number of hydrogen-bond acceptors (Lipinski definition) is 3. The van der Waals surface area contributed by atoms with E-state index in [-0.39, 0.29) is 10.7 Å². The third-order valence-corrected chi connectivity index (χ3v) is 3.61. The zero-order valence-corrected chi connectivity index (χ0v) is 10.0. The molecule has 16 heavy (non-hydrogen) atoms. The maximum Gasteiger partial charge on any atom is 0.286 e. The number of sulfonamides is 1. The smallest absolute Gasteiger partial charge is 0.286 e. The zero-order valence-electron chi connectivity index (χ0n) is 8.44. The molecule has 0 aliphatic carbocycles. The van der Waals surface area contributed by atoms with Crippen LogP contribution in [0.15, 0.2) is 39.6 Å². The average molecular weight is 257 g/mol. The Hall–Kier alpha value is -1.33. The van der Waals surface area contributed by atoms with Gasteiger partial charge >= 0.3 is 0 Å². The Labute approximate surface area is 98.7 Å².